The molecule has 0 fully saturated rings. The quantitative estimate of drug-likeness (QED) is 0.386. The van der Waals surface area contributed by atoms with Crippen LogP contribution in [0.5, 0.6) is 17.4 Å². The smallest absolute Gasteiger partial charge is 0.219 e. The van der Waals surface area contributed by atoms with Gasteiger partial charge in [-0.15, -0.1) is 0 Å². The van der Waals surface area contributed by atoms with E-state index in [1.54, 1.807) is 13.2 Å². The van der Waals surface area contributed by atoms with Gasteiger partial charge < -0.3 is 24.8 Å². The van der Waals surface area contributed by atoms with Gasteiger partial charge in [-0.3, -0.25) is 4.99 Å². The summed E-state index contributed by atoms with van der Waals surface area (Å²) >= 11 is 0. The molecule has 7 heteroatoms. The highest BCUT2D eigenvalue weighted by Crippen LogP contribution is 2.30. The van der Waals surface area contributed by atoms with Crippen LogP contribution in [0.25, 0.3) is 0 Å². The number of pyridine rings is 1. The number of nitrogens with zero attached hydrogens (tertiary/aromatic N) is 2. The minimum Gasteiger partial charge on any atom is -0.490 e. The van der Waals surface area contributed by atoms with Crippen LogP contribution >= 0.6 is 0 Å². The van der Waals surface area contributed by atoms with Crippen LogP contribution in [-0.2, 0) is 11.3 Å². The van der Waals surface area contributed by atoms with Crippen LogP contribution in [0, 0.1) is 5.92 Å². The zero-order valence-corrected chi connectivity index (χ0v) is 19.4. The topological polar surface area (TPSA) is 77.0 Å². The van der Waals surface area contributed by atoms with Crippen molar-refractivity contribution in [2.45, 2.75) is 46.8 Å². The van der Waals surface area contributed by atoms with E-state index in [4.69, 9.17) is 14.2 Å². The number of ether oxygens (including phenoxy) is 3. The van der Waals surface area contributed by atoms with E-state index in [9.17, 15) is 0 Å². The Kier molecular flexibility index (Phi) is 10.6. The largest absolute Gasteiger partial charge is 0.490 e. The Balaban J connectivity index is 1.83. The second kappa shape index (κ2) is 13.5. The van der Waals surface area contributed by atoms with Gasteiger partial charge in [-0.25, -0.2) is 4.98 Å². The number of aliphatic imine (C=N–C) groups is 1. The van der Waals surface area contributed by atoms with Crippen molar-refractivity contribution in [2.75, 3.05) is 26.8 Å². The predicted octanol–water partition coefficient (Wildman–Crippen LogP) is 4.39. The molecule has 0 bridgehead atoms. The first kappa shape index (κ1) is 24.5. The summed E-state index contributed by atoms with van der Waals surface area (Å²) in [6, 6.07) is 11.4. The number of nitrogens with one attached hydrogen (secondary N) is 2. The van der Waals surface area contributed by atoms with E-state index in [-0.39, 0.29) is 6.10 Å². The van der Waals surface area contributed by atoms with Gasteiger partial charge in [0.05, 0.1) is 12.7 Å². The summed E-state index contributed by atoms with van der Waals surface area (Å²) < 4.78 is 17.3. The zero-order valence-electron chi connectivity index (χ0n) is 19.4. The molecule has 1 aromatic carbocycles. The lowest BCUT2D eigenvalue weighted by Crippen LogP contribution is -2.38. The van der Waals surface area contributed by atoms with Crippen molar-refractivity contribution in [3.8, 4) is 17.4 Å². The molecule has 1 unspecified atom stereocenters. The number of aromatic nitrogens is 1. The molecule has 2 aromatic rings. The van der Waals surface area contributed by atoms with Crippen molar-refractivity contribution in [3.05, 3.63) is 48.2 Å². The maximum atomic E-state index is 5.87. The first-order valence-electron chi connectivity index (χ1n) is 11.0. The molecule has 0 aliphatic carbocycles. The van der Waals surface area contributed by atoms with Crippen molar-refractivity contribution >= 4 is 5.96 Å². The molecular formula is C24H36N4O3. The van der Waals surface area contributed by atoms with Crippen LogP contribution < -0.4 is 20.1 Å². The molecule has 2 rings (SSSR count). The van der Waals surface area contributed by atoms with Gasteiger partial charge >= 0.3 is 0 Å². The summed E-state index contributed by atoms with van der Waals surface area (Å²) in [7, 11) is 1.77. The predicted molar refractivity (Wildman–Crippen MR) is 125 cm³/mol. The average Bonchev–Trinajstić information content (AvgIpc) is 2.77. The van der Waals surface area contributed by atoms with E-state index in [2.05, 4.69) is 34.5 Å². The molecule has 0 saturated carbocycles. The number of guanidine groups is 1. The van der Waals surface area contributed by atoms with E-state index in [1.807, 2.05) is 50.2 Å². The van der Waals surface area contributed by atoms with Crippen molar-refractivity contribution in [1.82, 2.24) is 15.6 Å². The van der Waals surface area contributed by atoms with Gasteiger partial charge in [0.1, 0.15) is 0 Å². The van der Waals surface area contributed by atoms with Gasteiger partial charge in [-0.05, 0) is 43.9 Å². The number of para-hydroxylation sites is 2. The second-order valence-corrected chi connectivity index (χ2v) is 7.37. The first-order chi connectivity index (χ1) is 15.1. The second-order valence-electron chi connectivity index (χ2n) is 7.37. The van der Waals surface area contributed by atoms with E-state index < -0.39 is 0 Å². The van der Waals surface area contributed by atoms with Crippen LogP contribution in [0.1, 0.15) is 39.7 Å². The Hall–Kier alpha value is -2.80. The Morgan fingerprint density at radius 2 is 1.81 bits per heavy atom. The highest BCUT2D eigenvalue weighted by atomic mass is 16.5. The lowest BCUT2D eigenvalue weighted by Gasteiger charge is -2.21. The highest BCUT2D eigenvalue weighted by molar-refractivity contribution is 5.79. The zero-order chi connectivity index (χ0) is 22.5. The molecule has 0 radical (unpaired) electrons. The number of hydrogen-bond donors (Lipinski definition) is 2. The lowest BCUT2D eigenvalue weighted by molar-refractivity contribution is 0.0258. The lowest BCUT2D eigenvalue weighted by atomic mass is 10.0. The molecule has 1 heterocycles. The molecule has 0 aliphatic heterocycles. The van der Waals surface area contributed by atoms with Crippen LogP contribution in [0.4, 0.5) is 0 Å². The maximum absolute atomic E-state index is 5.87. The Morgan fingerprint density at radius 3 is 2.42 bits per heavy atom. The third kappa shape index (κ3) is 8.45. The normalized spacial score (nSPS) is 12.5. The summed E-state index contributed by atoms with van der Waals surface area (Å²) in [4.78, 5) is 8.70. The number of hydrogen-bond acceptors (Lipinski definition) is 5. The molecule has 0 aliphatic rings. The van der Waals surface area contributed by atoms with E-state index in [1.165, 1.54) is 0 Å². The average molecular weight is 429 g/mol. The molecule has 1 atom stereocenters. The molecule has 7 nitrogen and oxygen atoms in total. The van der Waals surface area contributed by atoms with Gasteiger partial charge in [0.15, 0.2) is 17.5 Å². The fourth-order valence-electron chi connectivity index (χ4n) is 3.06. The fraction of sp³-hybridized carbons (Fsp3) is 0.500. The van der Waals surface area contributed by atoms with Crippen LogP contribution in [0.2, 0.25) is 0 Å². The van der Waals surface area contributed by atoms with Crippen LogP contribution in [-0.4, -0.2) is 43.9 Å². The van der Waals surface area contributed by atoms with E-state index in [0.717, 1.165) is 31.1 Å². The van der Waals surface area contributed by atoms with Gasteiger partial charge in [0.25, 0.3) is 0 Å². The monoisotopic (exact) mass is 428 g/mol. The molecule has 31 heavy (non-hydrogen) atoms. The van der Waals surface area contributed by atoms with Crippen molar-refractivity contribution in [2.24, 2.45) is 10.9 Å². The molecule has 2 N–H and O–H groups in total. The van der Waals surface area contributed by atoms with Crippen LogP contribution in [0.3, 0.4) is 0 Å². The third-order valence-electron chi connectivity index (χ3n) is 4.69. The highest BCUT2D eigenvalue weighted by Gasteiger charge is 2.13. The van der Waals surface area contributed by atoms with Gasteiger partial charge in [0, 0.05) is 39.0 Å². The third-order valence-corrected chi connectivity index (χ3v) is 4.69. The number of rotatable bonds is 12. The summed E-state index contributed by atoms with van der Waals surface area (Å²) in [6.07, 6.45) is 2.98. The first-order valence-corrected chi connectivity index (χ1v) is 11.0. The Bertz CT molecular complexity index is 794. The fourth-order valence-corrected chi connectivity index (χ4v) is 3.06. The van der Waals surface area contributed by atoms with Crippen molar-refractivity contribution in [3.63, 3.8) is 0 Å². The number of benzene rings is 1. The maximum Gasteiger partial charge on any atom is 0.219 e. The van der Waals surface area contributed by atoms with Gasteiger partial charge in [-0.1, -0.05) is 32.0 Å². The summed E-state index contributed by atoms with van der Waals surface area (Å²) in [6.45, 7) is 11.1. The van der Waals surface area contributed by atoms with Crippen molar-refractivity contribution in [1.29, 1.82) is 0 Å². The molecular weight excluding hydrogens is 392 g/mol. The molecule has 170 valence electrons. The molecule has 1 aromatic heterocycles. The van der Waals surface area contributed by atoms with Crippen LogP contribution in [0.15, 0.2) is 47.6 Å². The minimum atomic E-state index is 0.250. The van der Waals surface area contributed by atoms with E-state index >= 15 is 0 Å². The SMILES string of the molecule is CCOc1ccccc1Oc1ccc(CNC(=NC)NCCC(OCC)C(C)C)cn1. The summed E-state index contributed by atoms with van der Waals surface area (Å²) in [5.41, 5.74) is 1.03. The minimum absolute atomic E-state index is 0.250. The summed E-state index contributed by atoms with van der Waals surface area (Å²) in [5, 5.41) is 6.66. The molecule has 0 saturated heterocycles. The van der Waals surface area contributed by atoms with E-state index in [0.29, 0.717) is 36.4 Å². The molecule has 0 spiro atoms. The Labute approximate surface area is 186 Å². The standard InChI is InChI=1S/C24H36N4O3/c1-6-29-20(18(3)4)14-15-26-24(25-5)28-17-19-12-13-23(27-16-19)31-22-11-9-8-10-21(22)30-7-2/h8-13,16,18,20H,6-7,14-15,17H2,1-5H3,(H2,25,26,28). The molecule has 0 amide bonds. The van der Waals surface area contributed by atoms with Gasteiger partial charge in [0.2, 0.25) is 5.88 Å². The Morgan fingerprint density at radius 1 is 1.03 bits per heavy atom. The van der Waals surface area contributed by atoms with Crippen molar-refractivity contribution < 1.29 is 14.2 Å². The summed E-state index contributed by atoms with van der Waals surface area (Å²) in [5.74, 6) is 3.12. The van der Waals surface area contributed by atoms with Gasteiger partial charge in [-0.2, -0.15) is 0 Å².